The Morgan fingerprint density at radius 3 is 2.09 bits per heavy atom. The van der Waals surface area contributed by atoms with Crippen LogP contribution in [-0.2, 0) is 9.59 Å². The molecule has 162 valence electrons. The summed E-state index contributed by atoms with van der Waals surface area (Å²) in [7, 11) is 0. The maximum Gasteiger partial charge on any atom is 0.225 e. The minimum atomic E-state index is -0.150. The zero-order valence-electron chi connectivity index (χ0n) is 17.1. The first-order valence-electron chi connectivity index (χ1n) is 9.71. The van der Waals surface area contributed by atoms with Crippen molar-refractivity contribution in [3.8, 4) is 22.9 Å². The molecule has 0 atom stereocenters. The van der Waals surface area contributed by atoms with E-state index in [4.69, 9.17) is 8.83 Å². The predicted octanol–water partition coefficient (Wildman–Crippen LogP) is 4.47. The number of aromatic nitrogens is 3. The number of furan rings is 2. The second-order valence-electron chi connectivity index (χ2n) is 6.65. The van der Waals surface area contributed by atoms with E-state index in [0.717, 1.165) is 0 Å². The molecule has 10 heteroatoms. The summed E-state index contributed by atoms with van der Waals surface area (Å²) in [5.74, 6) is 1.26. The topological polar surface area (TPSA) is 123 Å². The van der Waals surface area contributed by atoms with Crippen LogP contribution < -0.4 is 10.6 Å². The van der Waals surface area contributed by atoms with Gasteiger partial charge in [0.25, 0.3) is 0 Å². The molecular formula is C22H19N5O4S. The molecule has 0 saturated heterocycles. The summed E-state index contributed by atoms with van der Waals surface area (Å²) in [6, 6.07) is 14.0. The Kier molecular flexibility index (Phi) is 6.61. The number of thioether (sulfide) groups is 1. The molecule has 3 aromatic heterocycles. The average molecular weight is 449 g/mol. The summed E-state index contributed by atoms with van der Waals surface area (Å²) in [4.78, 5) is 27.9. The monoisotopic (exact) mass is 449 g/mol. The molecule has 4 aromatic rings. The molecule has 2 N–H and O–H groups in total. The van der Waals surface area contributed by atoms with E-state index < -0.39 is 0 Å². The van der Waals surface area contributed by atoms with Crippen molar-refractivity contribution in [3.05, 3.63) is 61.1 Å². The molecule has 3 heterocycles. The van der Waals surface area contributed by atoms with Crippen LogP contribution in [0.2, 0.25) is 0 Å². The molecule has 9 nitrogen and oxygen atoms in total. The highest BCUT2D eigenvalue weighted by atomic mass is 32.2. The molecule has 0 bridgehead atoms. The lowest BCUT2D eigenvalue weighted by Crippen LogP contribution is -2.12. The van der Waals surface area contributed by atoms with Gasteiger partial charge < -0.3 is 19.5 Å². The number of benzene rings is 1. The Hall–Kier alpha value is -3.92. The molecule has 0 spiro atoms. The van der Waals surface area contributed by atoms with Gasteiger partial charge in [0.15, 0.2) is 17.2 Å². The molecule has 2 amide bonds. The van der Waals surface area contributed by atoms with Crippen LogP contribution in [0.3, 0.4) is 0 Å². The Morgan fingerprint density at radius 2 is 1.50 bits per heavy atom. The van der Waals surface area contributed by atoms with Gasteiger partial charge in [0.2, 0.25) is 17.0 Å². The number of hydrogen-bond acceptors (Lipinski definition) is 8. The van der Waals surface area contributed by atoms with Crippen molar-refractivity contribution >= 4 is 35.0 Å². The first-order chi connectivity index (χ1) is 15.6. The quantitative estimate of drug-likeness (QED) is 0.378. The van der Waals surface area contributed by atoms with Gasteiger partial charge in [-0.3, -0.25) is 9.59 Å². The summed E-state index contributed by atoms with van der Waals surface area (Å²) in [6.07, 6.45) is 3.37. The number of amides is 2. The molecule has 0 radical (unpaired) electrons. The fraction of sp³-hybridized carbons (Fsp3) is 0.136. The zero-order chi connectivity index (χ0) is 22.3. The van der Waals surface area contributed by atoms with E-state index in [1.54, 1.807) is 61.1 Å². The third-order valence-electron chi connectivity index (χ3n) is 4.23. The lowest BCUT2D eigenvalue weighted by molar-refractivity contribution is -0.116. The van der Waals surface area contributed by atoms with E-state index in [0.29, 0.717) is 45.2 Å². The second kappa shape index (κ2) is 9.92. The van der Waals surface area contributed by atoms with Gasteiger partial charge in [-0.15, -0.1) is 10.2 Å². The van der Waals surface area contributed by atoms with Crippen molar-refractivity contribution in [1.82, 2.24) is 15.2 Å². The van der Waals surface area contributed by atoms with Crippen LogP contribution in [0.1, 0.15) is 13.3 Å². The van der Waals surface area contributed by atoms with Crippen LogP contribution in [0, 0.1) is 0 Å². The number of hydrogen-bond donors (Lipinski definition) is 2. The largest absolute Gasteiger partial charge is 0.463 e. The molecule has 32 heavy (non-hydrogen) atoms. The number of nitrogens with one attached hydrogen (secondary N) is 2. The fourth-order valence-corrected chi connectivity index (χ4v) is 3.56. The Morgan fingerprint density at radius 1 is 0.875 bits per heavy atom. The lowest BCUT2D eigenvalue weighted by atomic mass is 10.2. The van der Waals surface area contributed by atoms with Crippen LogP contribution in [0.25, 0.3) is 22.9 Å². The van der Waals surface area contributed by atoms with Gasteiger partial charge >= 0.3 is 0 Å². The minimum Gasteiger partial charge on any atom is -0.463 e. The van der Waals surface area contributed by atoms with E-state index >= 15 is 0 Å². The molecule has 0 aliphatic heterocycles. The molecule has 0 aliphatic carbocycles. The molecule has 0 unspecified atom stereocenters. The lowest BCUT2D eigenvalue weighted by Gasteiger charge is -2.07. The second-order valence-corrected chi connectivity index (χ2v) is 7.71. The van der Waals surface area contributed by atoms with Crippen LogP contribution in [0.5, 0.6) is 0 Å². The van der Waals surface area contributed by atoms with E-state index in [1.165, 1.54) is 18.7 Å². The van der Waals surface area contributed by atoms with E-state index in [-0.39, 0.29) is 18.2 Å². The first kappa shape index (κ1) is 21.3. The zero-order valence-corrected chi connectivity index (χ0v) is 17.9. The van der Waals surface area contributed by atoms with Crippen molar-refractivity contribution in [2.75, 3.05) is 16.4 Å². The summed E-state index contributed by atoms with van der Waals surface area (Å²) < 4.78 is 10.9. The van der Waals surface area contributed by atoms with Crippen LogP contribution >= 0.6 is 11.8 Å². The Labute approximate surface area is 187 Å². The highest BCUT2D eigenvalue weighted by Crippen LogP contribution is 2.30. The maximum atomic E-state index is 12.3. The van der Waals surface area contributed by atoms with Gasteiger partial charge in [0.1, 0.15) is 5.69 Å². The van der Waals surface area contributed by atoms with Crippen LogP contribution in [-0.4, -0.2) is 32.7 Å². The summed E-state index contributed by atoms with van der Waals surface area (Å²) in [5.41, 5.74) is 2.32. The fourth-order valence-electron chi connectivity index (χ4n) is 2.84. The Balaban J connectivity index is 1.36. The van der Waals surface area contributed by atoms with Gasteiger partial charge in [0, 0.05) is 30.5 Å². The summed E-state index contributed by atoms with van der Waals surface area (Å²) >= 11 is 1.32. The third kappa shape index (κ3) is 5.41. The van der Waals surface area contributed by atoms with Gasteiger partial charge in [-0.2, -0.15) is 0 Å². The minimum absolute atomic E-state index is 0.142. The summed E-state index contributed by atoms with van der Waals surface area (Å²) in [5, 5.41) is 14.3. The Bertz CT molecular complexity index is 1190. The molecule has 1 aromatic carbocycles. The SMILES string of the molecule is CC(=O)Nc1ccc(NC(=O)CCSc2nnc(-c3ccco3)c(-c3ccco3)n2)cc1. The highest BCUT2D eigenvalue weighted by Gasteiger charge is 2.18. The molecule has 0 aliphatic rings. The molecule has 0 saturated carbocycles. The molecule has 4 rings (SSSR count). The number of carbonyl (C=O) groups is 2. The van der Waals surface area contributed by atoms with Crippen molar-refractivity contribution in [2.45, 2.75) is 18.5 Å². The summed E-state index contributed by atoms with van der Waals surface area (Å²) in [6.45, 7) is 1.44. The van der Waals surface area contributed by atoms with Crippen molar-refractivity contribution < 1.29 is 18.4 Å². The van der Waals surface area contributed by atoms with E-state index in [2.05, 4.69) is 25.8 Å². The van der Waals surface area contributed by atoms with Gasteiger partial charge in [0.05, 0.1) is 12.5 Å². The molecule has 0 fully saturated rings. The van der Waals surface area contributed by atoms with Crippen molar-refractivity contribution in [3.63, 3.8) is 0 Å². The van der Waals surface area contributed by atoms with Crippen LogP contribution in [0.15, 0.2) is 75.0 Å². The van der Waals surface area contributed by atoms with Crippen molar-refractivity contribution in [2.24, 2.45) is 0 Å². The van der Waals surface area contributed by atoms with Crippen LogP contribution in [0.4, 0.5) is 11.4 Å². The number of anilines is 2. The van der Waals surface area contributed by atoms with Gasteiger partial charge in [-0.1, -0.05) is 11.8 Å². The van der Waals surface area contributed by atoms with Crippen molar-refractivity contribution in [1.29, 1.82) is 0 Å². The smallest absolute Gasteiger partial charge is 0.225 e. The standard InChI is InChI=1S/C22H19N5O4S/c1-14(28)23-15-6-8-16(9-7-15)24-19(29)10-13-32-22-25-20(17-4-2-11-30-17)21(26-27-22)18-5-3-12-31-18/h2-9,11-12H,10,13H2,1H3,(H,23,28)(H,24,29). The number of nitrogens with zero attached hydrogens (tertiary/aromatic N) is 3. The molecular weight excluding hydrogens is 430 g/mol. The maximum absolute atomic E-state index is 12.3. The highest BCUT2D eigenvalue weighted by molar-refractivity contribution is 7.99. The third-order valence-corrected chi connectivity index (χ3v) is 5.07. The van der Waals surface area contributed by atoms with E-state index in [1.807, 2.05) is 0 Å². The number of rotatable bonds is 8. The average Bonchev–Trinajstić information content (AvgIpc) is 3.49. The number of carbonyl (C=O) groups excluding carboxylic acids is 2. The normalized spacial score (nSPS) is 10.7. The van der Waals surface area contributed by atoms with Gasteiger partial charge in [-0.05, 0) is 48.5 Å². The van der Waals surface area contributed by atoms with Gasteiger partial charge in [-0.25, -0.2) is 4.98 Å². The van der Waals surface area contributed by atoms with E-state index in [9.17, 15) is 9.59 Å². The first-order valence-corrected chi connectivity index (χ1v) is 10.7. The predicted molar refractivity (Wildman–Crippen MR) is 120 cm³/mol.